The van der Waals surface area contributed by atoms with Gasteiger partial charge in [-0.15, -0.1) is 0 Å². The molecule has 0 saturated carbocycles. The van der Waals surface area contributed by atoms with Crippen molar-refractivity contribution >= 4 is 0 Å². The minimum atomic E-state index is 0.924. The van der Waals surface area contributed by atoms with E-state index in [2.05, 4.69) is 11.8 Å². The second-order valence-electron chi connectivity index (χ2n) is 3.16. The van der Waals surface area contributed by atoms with E-state index in [-0.39, 0.29) is 0 Å². The molecule has 80 valence electrons. The molecule has 13 heavy (non-hydrogen) atoms. The van der Waals surface area contributed by atoms with Gasteiger partial charge in [0.05, 0.1) is 6.61 Å². The maximum Gasteiger partial charge on any atom is 0.0593 e. The molecule has 0 atom stereocenters. The van der Waals surface area contributed by atoms with Gasteiger partial charge >= 0.3 is 0 Å². The van der Waals surface area contributed by atoms with Gasteiger partial charge in [0.25, 0.3) is 0 Å². The lowest BCUT2D eigenvalue weighted by Gasteiger charge is -2.13. The van der Waals surface area contributed by atoms with Crippen LogP contribution in [0.2, 0.25) is 0 Å². The van der Waals surface area contributed by atoms with Crippen LogP contribution in [0.25, 0.3) is 0 Å². The first-order valence-corrected chi connectivity index (χ1v) is 5.73. The second-order valence-corrected chi connectivity index (χ2v) is 3.16. The Bertz CT molecular complexity index is 90.1. The van der Waals surface area contributed by atoms with Gasteiger partial charge in [0.1, 0.15) is 0 Å². The molecule has 0 spiro atoms. The quantitative estimate of drug-likeness (QED) is 0.613. The SMILES string of the molecule is CC.CCCOCCN1CCCC1. The highest BCUT2D eigenvalue weighted by molar-refractivity contribution is 4.64. The number of hydrogen-bond donors (Lipinski definition) is 0. The summed E-state index contributed by atoms with van der Waals surface area (Å²) in [5.41, 5.74) is 0. The van der Waals surface area contributed by atoms with E-state index in [1.807, 2.05) is 13.8 Å². The van der Waals surface area contributed by atoms with E-state index in [4.69, 9.17) is 4.74 Å². The Labute approximate surface area is 83.3 Å². The van der Waals surface area contributed by atoms with Gasteiger partial charge in [0.2, 0.25) is 0 Å². The highest BCUT2D eigenvalue weighted by Crippen LogP contribution is 2.05. The van der Waals surface area contributed by atoms with E-state index in [9.17, 15) is 0 Å². The fourth-order valence-electron chi connectivity index (χ4n) is 1.45. The molecule has 0 N–H and O–H groups in total. The third-order valence-corrected chi connectivity index (χ3v) is 2.10. The van der Waals surface area contributed by atoms with Gasteiger partial charge in [-0.2, -0.15) is 0 Å². The zero-order valence-corrected chi connectivity index (χ0v) is 9.51. The van der Waals surface area contributed by atoms with E-state index in [0.717, 1.165) is 26.2 Å². The Morgan fingerprint density at radius 1 is 1.08 bits per heavy atom. The highest BCUT2D eigenvalue weighted by atomic mass is 16.5. The molecular weight excluding hydrogens is 162 g/mol. The van der Waals surface area contributed by atoms with Gasteiger partial charge in [0.15, 0.2) is 0 Å². The minimum absolute atomic E-state index is 0.924. The summed E-state index contributed by atoms with van der Waals surface area (Å²) in [5.74, 6) is 0. The first-order chi connectivity index (χ1) is 6.43. The first-order valence-electron chi connectivity index (χ1n) is 5.73. The van der Waals surface area contributed by atoms with Gasteiger partial charge in [-0.25, -0.2) is 0 Å². The summed E-state index contributed by atoms with van der Waals surface area (Å²) >= 11 is 0. The lowest BCUT2D eigenvalue weighted by atomic mass is 10.4. The summed E-state index contributed by atoms with van der Waals surface area (Å²) in [6.45, 7) is 11.7. The Balaban J connectivity index is 0.000000671. The molecule has 0 unspecified atom stereocenters. The number of hydrogen-bond acceptors (Lipinski definition) is 2. The fourth-order valence-corrected chi connectivity index (χ4v) is 1.45. The van der Waals surface area contributed by atoms with Crippen molar-refractivity contribution < 1.29 is 4.74 Å². The molecular formula is C11H25NO. The Kier molecular flexibility index (Phi) is 9.94. The van der Waals surface area contributed by atoms with Crippen LogP contribution < -0.4 is 0 Å². The molecule has 1 fully saturated rings. The molecule has 0 aliphatic carbocycles. The summed E-state index contributed by atoms with van der Waals surface area (Å²) in [6, 6.07) is 0. The maximum atomic E-state index is 5.40. The van der Waals surface area contributed by atoms with Crippen LogP contribution in [0.4, 0.5) is 0 Å². The second kappa shape index (κ2) is 10.0. The van der Waals surface area contributed by atoms with Gasteiger partial charge in [0, 0.05) is 13.2 Å². The predicted molar refractivity (Wildman–Crippen MR) is 58.1 cm³/mol. The molecule has 1 saturated heterocycles. The predicted octanol–water partition coefficient (Wildman–Crippen LogP) is 2.54. The summed E-state index contributed by atoms with van der Waals surface area (Å²) in [5, 5.41) is 0. The van der Waals surface area contributed by atoms with Crippen molar-refractivity contribution in [3.8, 4) is 0 Å². The van der Waals surface area contributed by atoms with Crippen LogP contribution in [0.15, 0.2) is 0 Å². The topological polar surface area (TPSA) is 12.5 Å². The molecule has 2 heteroatoms. The van der Waals surface area contributed by atoms with Crippen molar-refractivity contribution in [1.29, 1.82) is 0 Å². The van der Waals surface area contributed by atoms with Crippen molar-refractivity contribution in [3.63, 3.8) is 0 Å². The van der Waals surface area contributed by atoms with E-state index in [1.165, 1.54) is 25.9 Å². The molecule has 1 heterocycles. The Morgan fingerprint density at radius 3 is 2.23 bits per heavy atom. The van der Waals surface area contributed by atoms with Crippen LogP contribution in [0, 0.1) is 0 Å². The van der Waals surface area contributed by atoms with Crippen LogP contribution in [-0.4, -0.2) is 37.7 Å². The average molecular weight is 187 g/mol. The van der Waals surface area contributed by atoms with Crippen LogP contribution in [0.5, 0.6) is 0 Å². The molecule has 1 rings (SSSR count). The third kappa shape index (κ3) is 7.03. The monoisotopic (exact) mass is 187 g/mol. The van der Waals surface area contributed by atoms with Crippen molar-refractivity contribution in [2.24, 2.45) is 0 Å². The van der Waals surface area contributed by atoms with E-state index >= 15 is 0 Å². The number of nitrogens with zero attached hydrogens (tertiary/aromatic N) is 1. The van der Waals surface area contributed by atoms with Crippen LogP contribution in [0.1, 0.15) is 40.0 Å². The zero-order chi connectivity index (χ0) is 9.94. The van der Waals surface area contributed by atoms with Crippen LogP contribution in [0.3, 0.4) is 0 Å². The molecule has 0 aromatic heterocycles. The molecule has 1 aliphatic rings. The van der Waals surface area contributed by atoms with Gasteiger partial charge in [-0.3, -0.25) is 0 Å². The highest BCUT2D eigenvalue weighted by Gasteiger charge is 2.09. The summed E-state index contributed by atoms with van der Waals surface area (Å²) in [7, 11) is 0. The van der Waals surface area contributed by atoms with Gasteiger partial charge < -0.3 is 9.64 Å². The molecule has 2 nitrogen and oxygen atoms in total. The normalized spacial score (nSPS) is 16.8. The largest absolute Gasteiger partial charge is 0.380 e. The number of likely N-dealkylation sites (tertiary alicyclic amines) is 1. The molecule has 0 radical (unpaired) electrons. The van der Waals surface area contributed by atoms with E-state index in [0.29, 0.717) is 0 Å². The van der Waals surface area contributed by atoms with E-state index < -0.39 is 0 Å². The number of ether oxygens (including phenoxy) is 1. The van der Waals surface area contributed by atoms with Crippen LogP contribution >= 0.6 is 0 Å². The van der Waals surface area contributed by atoms with Gasteiger partial charge in [-0.1, -0.05) is 20.8 Å². The lowest BCUT2D eigenvalue weighted by Crippen LogP contribution is -2.24. The maximum absolute atomic E-state index is 5.40. The summed E-state index contributed by atoms with van der Waals surface area (Å²) in [6.07, 6.45) is 3.90. The standard InChI is InChI=1S/C9H19NO.C2H6/c1-2-8-11-9-7-10-5-3-4-6-10;1-2/h2-9H2,1H3;1-2H3. The van der Waals surface area contributed by atoms with Crippen molar-refractivity contribution in [3.05, 3.63) is 0 Å². The first kappa shape index (κ1) is 12.9. The molecule has 0 aromatic carbocycles. The van der Waals surface area contributed by atoms with Crippen LogP contribution in [-0.2, 0) is 4.74 Å². The lowest BCUT2D eigenvalue weighted by molar-refractivity contribution is 0.111. The third-order valence-electron chi connectivity index (χ3n) is 2.10. The molecule has 0 bridgehead atoms. The zero-order valence-electron chi connectivity index (χ0n) is 9.51. The minimum Gasteiger partial charge on any atom is -0.380 e. The van der Waals surface area contributed by atoms with Crippen molar-refractivity contribution in [2.45, 2.75) is 40.0 Å². The molecule has 1 aliphatic heterocycles. The fraction of sp³-hybridized carbons (Fsp3) is 1.00. The van der Waals surface area contributed by atoms with Crippen molar-refractivity contribution in [1.82, 2.24) is 4.90 Å². The number of rotatable bonds is 5. The average Bonchev–Trinajstić information content (AvgIpc) is 2.68. The smallest absolute Gasteiger partial charge is 0.0593 e. The van der Waals surface area contributed by atoms with Gasteiger partial charge in [-0.05, 0) is 32.4 Å². The Morgan fingerprint density at radius 2 is 1.69 bits per heavy atom. The summed E-state index contributed by atoms with van der Waals surface area (Å²) in [4.78, 5) is 2.48. The van der Waals surface area contributed by atoms with E-state index in [1.54, 1.807) is 0 Å². The van der Waals surface area contributed by atoms with Crippen molar-refractivity contribution in [2.75, 3.05) is 32.8 Å². The summed E-state index contributed by atoms with van der Waals surface area (Å²) < 4.78 is 5.40. The Hall–Kier alpha value is -0.0800. The molecule has 0 amide bonds. The molecule has 0 aromatic rings.